The van der Waals surface area contributed by atoms with Gasteiger partial charge in [-0.05, 0) is 42.3 Å². The van der Waals surface area contributed by atoms with Crippen LogP contribution >= 0.6 is 0 Å². The van der Waals surface area contributed by atoms with E-state index in [0.29, 0.717) is 25.2 Å². The molecule has 0 bridgehead atoms. The number of nitrogens with zero attached hydrogens (tertiary/aromatic N) is 3. The number of tetrazole rings is 1. The number of H-pyrrole nitrogens is 1. The number of carbonyl (C=O) groups excluding carboxylic acids is 1. The maximum absolute atomic E-state index is 12.4. The summed E-state index contributed by atoms with van der Waals surface area (Å²) in [6, 6.07) is 7.30. The molecule has 2 rings (SSSR count). The van der Waals surface area contributed by atoms with Gasteiger partial charge in [0.25, 0.3) is 0 Å². The number of aromatic amines is 1. The predicted molar refractivity (Wildman–Crippen MR) is 80.3 cm³/mol. The lowest BCUT2D eigenvalue weighted by Gasteiger charge is -2.28. The van der Waals surface area contributed by atoms with Crippen molar-refractivity contribution >= 4 is 11.6 Å². The number of aromatic nitrogens is 4. The second kappa shape index (κ2) is 6.45. The van der Waals surface area contributed by atoms with Gasteiger partial charge < -0.3 is 11.1 Å². The van der Waals surface area contributed by atoms with Gasteiger partial charge in [0.15, 0.2) is 0 Å². The first-order valence-electron chi connectivity index (χ1n) is 7.00. The van der Waals surface area contributed by atoms with Crippen molar-refractivity contribution in [1.29, 1.82) is 0 Å². The van der Waals surface area contributed by atoms with E-state index < -0.39 is 5.41 Å². The second-order valence-electron chi connectivity index (χ2n) is 4.96. The van der Waals surface area contributed by atoms with Crippen LogP contribution in [0.5, 0.6) is 0 Å². The van der Waals surface area contributed by atoms with E-state index in [9.17, 15) is 4.79 Å². The van der Waals surface area contributed by atoms with Crippen molar-refractivity contribution in [3.8, 4) is 11.4 Å². The Balaban J connectivity index is 2.11. The van der Waals surface area contributed by atoms with Gasteiger partial charge in [-0.15, -0.1) is 10.2 Å². The minimum absolute atomic E-state index is 0.0395. The topological polar surface area (TPSA) is 110 Å². The molecule has 1 heterocycles. The van der Waals surface area contributed by atoms with Crippen LogP contribution in [0.1, 0.15) is 26.7 Å². The largest absolute Gasteiger partial charge is 0.329 e. The standard InChI is InChI=1S/C14H20N6O/c1-3-14(4-2,9-15)13(21)16-11-7-5-10(6-8-11)12-17-19-20-18-12/h5-8H,3-4,9,15H2,1-2H3,(H,16,21)(H,17,18,19,20). The van der Waals surface area contributed by atoms with Crippen molar-refractivity contribution < 1.29 is 4.79 Å². The summed E-state index contributed by atoms with van der Waals surface area (Å²) in [6.07, 6.45) is 1.43. The highest BCUT2D eigenvalue weighted by Gasteiger charge is 2.33. The molecule has 0 saturated carbocycles. The molecule has 0 unspecified atom stereocenters. The molecule has 4 N–H and O–H groups in total. The fraction of sp³-hybridized carbons (Fsp3) is 0.429. The molecule has 0 aliphatic rings. The van der Waals surface area contributed by atoms with E-state index in [0.717, 1.165) is 11.3 Å². The summed E-state index contributed by atoms with van der Waals surface area (Å²) < 4.78 is 0. The third kappa shape index (κ3) is 3.08. The molecule has 1 amide bonds. The fourth-order valence-electron chi connectivity index (χ4n) is 2.20. The number of hydrogen-bond acceptors (Lipinski definition) is 5. The molecule has 112 valence electrons. The third-order valence-corrected chi connectivity index (χ3v) is 3.97. The molecular formula is C14H20N6O. The summed E-state index contributed by atoms with van der Waals surface area (Å²) in [7, 11) is 0. The summed E-state index contributed by atoms with van der Waals surface area (Å²) >= 11 is 0. The van der Waals surface area contributed by atoms with E-state index in [-0.39, 0.29) is 5.91 Å². The molecule has 1 aromatic heterocycles. The van der Waals surface area contributed by atoms with Crippen LogP contribution in [0, 0.1) is 5.41 Å². The average Bonchev–Trinajstić information content (AvgIpc) is 3.05. The molecule has 0 radical (unpaired) electrons. The zero-order chi connectivity index (χ0) is 15.3. The molecular weight excluding hydrogens is 268 g/mol. The maximum Gasteiger partial charge on any atom is 0.231 e. The van der Waals surface area contributed by atoms with E-state index in [2.05, 4.69) is 25.9 Å². The molecule has 0 fully saturated rings. The first kappa shape index (κ1) is 15.1. The van der Waals surface area contributed by atoms with Gasteiger partial charge in [-0.1, -0.05) is 13.8 Å². The monoisotopic (exact) mass is 288 g/mol. The Morgan fingerprint density at radius 2 is 1.95 bits per heavy atom. The zero-order valence-corrected chi connectivity index (χ0v) is 12.3. The van der Waals surface area contributed by atoms with Crippen LogP contribution in [-0.4, -0.2) is 33.1 Å². The molecule has 7 nitrogen and oxygen atoms in total. The molecule has 0 atom stereocenters. The van der Waals surface area contributed by atoms with E-state index in [1.807, 2.05) is 38.1 Å². The van der Waals surface area contributed by atoms with Gasteiger partial charge in [0.2, 0.25) is 11.7 Å². The smallest absolute Gasteiger partial charge is 0.231 e. The Bertz CT molecular complexity index is 566. The third-order valence-electron chi connectivity index (χ3n) is 3.97. The van der Waals surface area contributed by atoms with E-state index >= 15 is 0 Å². The number of rotatable bonds is 6. The molecule has 1 aromatic carbocycles. The Kier molecular flexibility index (Phi) is 4.64. The highest BCUT2D eigenvalue weighted by molar-refractivity contribution is 5.95. The number of anilines is 1. The molecule has 0 aliphatic heterocycles. The van der Waals surface area contributed by atoms with Crippen LogP contribution in [0.3, 0.4) is 0 Å². The first-order chi connectivity index (χ1) is 10.1. The van der Waals surface area contributed by atoms with Gasteiger partial charge in [0.1, 0.15) is 0 Å². The van der Waals surface area contributed by atoms with Crippen molar-refractivity contribution in [3.63, 3.8) is 0 Å². The van der Waals surface area contributed by atoms with Gasteiger partial charge in [-0.3, -0.25) is 4.79 Å². The maximum atomic E-state index is 12.4. The first-order valence-corrected chi connectivity index (χ1v) is 7.00. The summed E-state index contributed by atoms with van der Waals surface area (Å²) in [6.45, 7) is 4.30. The van der Waals surface area contributed by atoms with Gasteiger partial charge >= 0.3 is 0 Å². The van der Waals surface area contributed by atoms with Crippen LogP contribution in [0.4, 0.5) is 5.69 Å². The lowest BCUT2D eigenvalue weighted by Crippen LogP contribution is -2.41. The van der Waals surface area contributed by atoms with Crippen molar-refractivity contribution in [1.82, 2.24) is 20.6 Å². The Morgan fingerprint density at radius 1 is 1.29 bits per heavy atom. The van der Waals surface area contributed by atoms with E-state index in [1.165, 1.54) is 0 Å². The predicted octanol–water partition coefficient (Wildman–Crippen LogP) is 1.57. The Hall–Kier alpha value is -2.28. The second-order valence-corrected chi connectivity index (χ2v) is 4.96. The van der Waals surface area contributed by atoms with Crippen LogP contribution in [-0.2, 0) is 4.79 Å². The average molecular weight is 288 g/mol. The minimum Gasteiger partial charge on any atom is -0.329 e. The number of amides is 1. The highest BCUT2D eigenvalue weighted by atomic mass is 16.2. The number of nitrogens with one attached hydrogen (secondary N) is 2. The Labute approximate surface area is 123 Å². The molecule has 0 saturated heterocycles. The number of carbonyl (C=O) groups is 1. The number of hydrogen-bond donors (Lipinski definition) is 3. The Morgan fingerprint density at radius 3 is 2.43 bits per heavy atom. The highest BCUT2D eigenvalue weighted by Crippen LogP contribution is 2.27. The quantitative estimate of drug-likeness (QED) is 0.747. The summed E-state index contributed by atoms with van der Waals surface area (Å²) in [5.41, 5.74) is 6.84. The normalized spacial score (nSPS) is 11.4. The van der Waals surface area contributed by atoms with E-state index in [4.69, 9.17) is 5.73 Å². The number of benzene rings is 1. The summed E-state index contributed by atoms with van der Waals surface area (Å²) in [4.78, 5) is 12.4. The van der Waals surface area contributed by atoms with Crippen LogP contribution in [0.2, 0.25) is 0 Å². The van der Waals surface area contributed by atoms with Crippen LogP contribution in [0.25, 0.3) is 11.4 Å². The van der Waals surface area contributed by atoms with Gasteiger partial charge in [0.05, 0.1) is 5.41 Å². The molecule has 21 heavy (non-hydrogen) atoms. The number of nitrogens with two attached hydrogens (primary N) is 1. The molecule has 7 heteroatoms. The molecule has 0 aliphatic carbocycles. The van der Waals surface area contributed by atoms with E-state index in [1.54, 1.807) is 0 Å². The van der Waals surface area contributed by atoms with Crippen LogP contribution < -0.4 is 11.1 Å². The zero-order valence-electron chi connectivity index (χ0n) is 12.3. The van der Waals surface area contributed by atoms with Crippen LogP contribution in [0.15, 0.2) is 24.3 Å². The lowest BCUT2D eigenvalue weighted by molar-refractivity contribution is -0.125. The lowest BCUT2D eigenvalue weighted by atomic mass is 9.81. The molecule has 0 spiro atoms. The minimum atomic E-state index is -0.508. The van der Waals surface area contributed by atoms with Crippen molar-refractivity contribution in [2.75, 3.05) is 11.9 Å². The summed E-state index contributed by atoms with van der Waals surface area (Å²) in [5, 5.41) is 16.7. The summed E-state index contributed by atoms with van der Waals surface area (Å²) in [5.74, 6) is 0.480. The van der Waals surface area contributed by atoms with Gasteiger partial charge in [-0.2, -0.15) is 5.21 Å². The molecule has 2 aromatic rings. The van der Waals surface area contributed by atoms with Crippen molar-refractivity contribution in [3.05, 3.63) is 24.3 Å². The van der Waals surface area contributed by atoms with Gasteiger partial charge in [0, 0.05) is 17.8 Å². The fourth-order valence-corrected chi connectivity index (χ4v) is 2.20. The van der Waals surface area contributed by atoms with Crippen molar-refractivity contribution in [2.45, 2.75) is 26.7 Å². The van der Waals surface area contributed by atoms with Crippen molar-refractivity contribution in [2.24, 2.45) is 11.1 Å². The van der Waals surface area contributed by atoms with Gasteiger partial charge in [-0.25, -0.2) is 0 Å². The SMILES string of the molecule is CCC(CC)(CN)C(=O)Nc1ccc(-c2nn[nH]n2)cc1.